The van der Waals surface area contributed by atoms with Crippen LogP contribution in [0.5, 0.6) is 0 Å². The second-order valence-electron chi connectivity index (χ2n) is 4.42. The van der Waals surface area contributed by atoms with E-state index < -0.39 is 23.7 Å². The molecule has 5 nitrogen and oxygen atoms in total. The monoisotopic (exact) mass is 242 g/mol. The second kappa shape index (κ2) is 5.91. The maximum atomic E-state index is 11.7. The first kappa shape index (κ1) is 13.8. The SMILES string of the molecule is COC(=O)C(C(C)=O)C1CCCC(=O)C1CO. The number of methoxy groups -OCH3 is 1. The maximum Gasteiger partial charge on any atom is 0.316 e. The number of hydrogen-bond donors (Lipinski definition) is 1. The van der Waals surface area contributed by atoms with Crippen LogP contribution in [0.4, 0.5) is 0 Å². The largest absolute Gasteiger partial charge is 0.468 e. The van der Waals surface area contributed by atoms with Crippen LogP contribution >= 0.6 is 0 Å². The number of ketones is 2. The Hall–Kier alpha value is -1.23. The lowest BCUT2D eigenvalue weighted by atomic mass is 9.71. The molecule has 0 aromatic rings. The average molecular weight is 242 g/mol. The number of hydrogen-bond acceptors (Lipinski definition) is 5. The summed E-state index contributed by atoms with van der Waals surface area (Å²) in [4.78, 5) is 34.8. The van der Waals surface area contributed by atoms with Gasteiger partial charge in [-0.2, -0.15) is 0 Å². The summed E-state index contributed by atoms with van der Waals surface area (Å²) in [6, 6.07) is 0. The molecule has 0 aliphatic heterocycles. The number of aliphatic hydroxyl groups excluding tert-OH is 1. The number of carbonyl (C=O) groups is 3. The van der Waals surface area contributed by atoms with E-state index in [1.165, 1.54) is 14.0 Å². The molecule has 1 fully saturated rings. The van der Waals surface area contributed by atoms with E-state index in [9.17, 15) is 19.5 Å². The van der Waals surface area contributed by atoms with Gasteiger partial charge in [-0.05, 0) is 25.7 Å². The minimum absolute atomic E-state index is 0.0705. The highest BCUT2D eigenvalue weighted by atomic mass is 16.5. The first-order valence-corrected chi connectivity index (χ1v) is 5.74. The molecule has 0 amide bonds. The van der Waals surface area contributed by atoms with Crippen molar-refractivity contribution < 1.29 is 24.2 Å². The van der Waals surface area contributed by atoms with Crippen LogP contribution in [-0.2, 0) is 19.1 Å². The summed E-state index contributed by atoms with van der Waals surface area (Å²) in [6.45, 7) is 0.999. The smallest absolute Gasteiger partial charge is 0.316 e. The Morgan fingerprint density at radius 1 is 1.53 bits per heavy atom. The molecule has 1 N–H and O–H groups in total. The van der Waals surface area contributed by atoms with E-state index in [4.69, 9.17) is 0 Å². The highest BCUT2D eigenvalue weighted by Crippen LogP contribution is 2.34. The first-order valence-electron chi connectivity index (χ1n) is 5.74. The van der Waals surface area contributed by atoms with Gasteiger partial charge in [0.15, 0.2) is 0 Å². The molecular weight excluding hydrogens is 224 g/mol. The fourth-order valence-corrected chi connectivity index (χ4v) is 2.54. The summed E-state index contributed by atoms with van der Waals surface area (Å²) in [7, 11) is 1.22. The van der Waals surface area contributed by atoms with Crippen molar-refractivity contribution >= 4 is 17.5 Å². The zero-order valence-electron chi connectivity index (χ0n) is 10.1. The molecule has 17 heavy (non-hydrogen) atoms. The van der Waals surface area contributed by atoms with E-state index in [1.807, 2.05) is 0 Å². The van der Waals surface area contributed by atoms with Crippen LogP contribution < -0.4 is 0 Å². The van der Waals surface area contributed by atoms with Crippen LogP contribution in [0.15, 0.2) is 0 Å². The molecule has 1 aliphatic carbocycles. The highest BCUT2D eigenvalue weighted by Gasteiger charge is 2.42. The minimum atomic E-state index is -0.929. The number of Topliss-reactive ketones (excluding diaryl/α,β-unsaturated/α-hetero) is 2. The maximum absolute atomic E-state index is 11.7. The number of rotatable bonds is 4. The zero-order chi connectivity index (χ0) is 13.0. The van der Waals surface area contributed by atoms with Crippen molar-refractivity contribution in [3.63, 3.8) is 0 Å². The van der Waals surface area contributed by atoms with Gasteiger partial charge in [-0.15, -0.1) is 0 Å². The van der Waals surface area contributed by atoms with Gasteiger partial charge >= 0.3 is 5.97 Å². The summed E-state index contributed by atoms with van der Waals surface area (Å²) >= 11 is 0. The molecule has 0 aromatic carbocycles. The summed E-state index contributed by atoms with van der Waals surface area (Å²) in [5.41, 5.74) is 0. The Morgan fingerprint density at radius 3 is 2.65 bits per heavy atom. The molecule has 0 bridgehead atoms. The van der Waals surface area contributed by atoms with Crippen molar-refractivity contribution in [1.82, 2.24) is 0 Å². The topological polar surface area (TPSA) is 80.7 Å². The lowest BCUT2D eigenvalue weighted by molar-refractivity contribution is -0.154. The van der Waals surface area contributed by atoms with Gasteiger partial charge in [0, 0.05) is 12.3 Å². The Labute approximate surface area is 100 Å². The molecule has 0 spiro atoms. The zero-order valence-corrected chi connectivity index (χ0v) is 10.1. The molecule has 96 valence electrons. The van der Waals surface area contributed by atoms with E-state index in [0.29, 0.717) is 19.3 Å². The Morgan fingerprint density at radius 2 is 2.18 bits per heavy atom. The molecule has 0 aromatic heterocycles. The van der Waals surface area contributed by atoms with Crippen LogP contribution in [0.3, 0.4) is 0 Å². The fraction of sp³-hybridized carbons (Fsp3) is 0.750. The van der Waals surface area contributed by atoms with Gasteiger partial charge in [-0.3, -0.25) is 14.4 Å². The Balaban J connectivity index is 2.95. The highest BCUT2D eigenvalue weighted by molar-refractivity contribution is 5.99. The summed E-state index contributed by atoms with van der Waals surface area (Å²) < 4.78 is 4.60. The number of ether oxygens (including phenoxy) is 1. The van der Waals surface area contributed by atoms with E-state index in [1.54, 1.807) is 0 Å². The summed E-state index contributed by atoms with van der Waals surface area (Å²) in [5.74, 6) is -2.96. The van der Waals surface area contributed by atoms with Crippen molar-refractivity contribution in [2.45, 2.75) is 26.2 Å². The van der Waals surface area contributed by atoms with Crippen molar-refractivity contribution in [2.24, 2.45) is 17.8 Å². The Kier molecular flexibility index (Phi) is 4.81. The van der Waals surface area contributed by atoms with E-state index in [2.05, 4.69) is 4.74 Å². The molecule has 1 saturated carbocycles. The number of aliphatic hydroxyl groups is 1. The third kappa shape index (κ3) is 2.91. The number of carbonyl (C=O) groups excluding carboxylic acids is 3. The Bertz CT molecular complexity index is 323. The average Bonchev–Trinajstić information content (AvgIpc) is 2.28. The molecule has 3 atom stereocenters. The van der Waals surface area contributed by atoms with Crippen LogP contribution in [0, 0.1) is 17.8 Å². The van der Waals surface area contributed by atoms with Gasteiger partial charge in [0.1, 0.15) is 17.5 Å². The molecule has 0 heterocycles. The van der Waals surface area contributed by atoms with Crippen molar-refractivity contribution in [1.29, 1.82) is 0 Å². The third-order valence-electron chi connectivity index (χ3n) is 3.41. The molecule has 1 rings (SSSR count). The van der Waals surface area contributed by atoms with Crippen LogP contribution in [0.25, 0.3) is 0 Å². The first-order chi connectivity index (χ1) is 8.02. The van der Waals surface area contributed by atoms with E-state index in [-0.39, 0.29) is 18.2 Å². The van der Waals surface area contributed by atoms with Gasteiger partial charge in [0.05, 0.1) is 13.7 Å². The van der Waals surface area contributed by atoms with E-state index >= 15 is 0 Å². The normalized spacial score (nSPS) is 26.4. The molecular formula is C12H18O5. The molecule has 0 radical (unpaired) electrons. The van der Waals surface area contributed by atoms with Crippen LogP contribution in [0.2, 0.25) is 0 Å². The van der Waals surface area contributed by atoms with E-state index in [0.717, 1.165) is 0 Å². The quantitative estimate of drug-likeness (QED) is 0.568. The van der Waals surface area contributed by atoms with Gasteiger partial charge in [0.25, 0.3) is 0 Å². The molecule has 3 unspecified atom stereocenters. The summed E-state index contributed by atoms with van der Waals surface area (Å²) in [5, 5.41) is 9.23. The molecule has 0 saturated heterocycles. The van der Waals surface area contributed by atoms with Crippen LogP contribution in [0.1, 0.15) is 26.2 Å². The van der Waals surface area contributed by atoms with Gasteiger partial charge in [-0.1, -0.05) is 0 Å². The van der Waals surface area contributed by atoms with Crippen molar-refractivity contribution in [2.75, 3.05) is 13.7 Å². The predicted octanol–water partition coefficient (Wildman–Crippen LogP) is 0.342. The number of esters is 1. The third-order valence-corrected chi connectivity index (χ3v) is 3.41. The fourth-order valence-electron chi connectivity index (χ4n) is 2.54. The molecule has 5 heteroatoms. The second-order valence-corrected chi connectivity index (χ2v) is 4.42. The molecule has 1 aliphatic rings. The lowest BCUT2D eigenvalue weighted by Gasteiger charge is -2.32. The standard InChI is InChI=1S/C12H18O5/c1-7(14)11(12(16)17-2)8-4-3-5-10(15)9(8)6-13/h8-9,11,13H,3-6H2,1-2H3. The lowest BCUT2D eigenvalue weighted by Crippen LogP contribution is -2.42. The van der Waals surface area contributed by atoms with Gasteiger partial charge in [-0.25, -0.2) is 0 Å². The van der Waals surface area contributed by atoms with Gasteiger partial charge in [0.2, 0.25) is 0 Å². The summed E-state index contributed by atoms with van der Waals surface area (Å²) in [6.07, 6.45) is 1.66. The van der Waals surface area contributed by atoms with Crippen molar-refractivity contribution in [3.05, 3.63) is 0 Å². The van der Waals surface area contributed by atoms with Gasteiger partial charge < -0.3 is 9.84 Å². The van der Waals surface area contributed by atoms with Crippen LogP contribution in [-0.4, -0.2) is 36.4 Å². The minimum Gasteiger partial charge on any atom is -0.468 e. The van der Waals surface area contributed by atoms with Crippen molar-refractivity contribution in [3.8, 4) is 0 Å². The predicted molar refractivity (Wildman–Crippen MR) is 59.1 cm³/mol.